The van der Waals surface area contributed by atoms with Crippen LogP contribution in [0.2, 0.25) is 0 Å². The lowest BCUT2D eigenvalue weighted by molar-refractivity contribution is -0.133. The molecule has 3 atom stereocenters. The lowest BCUT2D eigenvalue weighted by atomic mass is 9.90. The van der Waals surface area contributed by atoms with Gasteiger partial charge in [0.1, 0.15) is 6.04 Å². The molecule has 3 aromatic carbocycles. The Hall–Kier alpha value is -3.44. The van der Waals surface area contributed by atoms with Crippen LogP contribution in [0.5, 0.6) is 0 Å². The summed E-state index contributed by atoms with van der Waals surface area (Å²) < 4.78 is 0. The minimum absolute atomic E-state index is 0.164. The van der Waals surface area contributed by atoms with Gasteiger partial charge in [-0.15, -0.1) is 0 Å². The van der Waals surface area contributed by atoms with E-state index in [0.29, 0.717) is 25.3 Å². The van der Waals surface area contributed by atoms with Crippen molar-refractivity contribution >= 4 is 17.5 Å². The molecule has 1 fully saturated rings. The molecule has 1 saturated carbocycles. The van der Waals surface area contributed by atoms with Crippen LogP contribution in [0.4, 0.5) is 5.69 Å². The summed E-state index contributed by atoms with van der Waals surface area (Å²) in [5.41, 5.74) is 4.55. The Labute approximate surface area is 219 Å². The zero-order valence-electron chi connectivity index (χ0n) is 21.5. The number of carbonyl (C=O) groups is 2. The van der Waals surface area contributed by atoms with Gasteiger partial charge in [0, 0.05) is 5.56 Å². The smallest absolute Gasteiger partial charge is 0.254 e. The number of carbonyl (C=O) groups excluding carboxylic acids is 2. The Bertz CT molecular complexity index is 1240. The summed E-state index contributed by atoms with van der Waals surface area (Å²) in [5, 5.41) is 14.1. The Kier molecular flexibility index (Phi) is 7.71. The summed E-state index contributed by atoms with van der Waals surface area (Å²) in [4.78, 5) is 29.8. The first-order valence-electron chi connectivity index (χ1n) is 13.6. The maximum absolute atomic E-state index is 14.3. The summed E-state index contributed by atoms with van der Waals surface area (Å²) in [6.07, 6.45) is 4.63. The van der Waals surface area contributed by atoms with Gasteiger partial charge in [0.15, 0.2) is 0 Å². The number of unbranched alkanes of at least 4 members (excludes halogenated alkanes) is 1. The van der Waals surface area contributed by atoms with Gasteiger partial charge in [-0.3, -0.25) is 9.59 Å². The molecule has 5 rings (SSSR count). The highest BCUT2D eigenvalue weighted by atomic mass is 16.3. The quantitative estimate of drug-likeness (QED) is 0.360. The zero-order chi connectivity index (χ0) is 25.8. The van der Waals surface area contributed by atoms with Gasteiger partial charge < -0.3 is 15.3 Å². The predicted molar refractivity (Wildman–Crippen MR) is 147 cm³/mol. The fourth-order valence-electron chi connectivity index (χ4n) is 5.42. The van der Waals surface area contributed by atoms with E-state index in [1.165, 1.54) is 0 Å². The number of benzene rings is 3. The minimum atomic E-state index is -0.833. The van der Waals surface area contributed by atoms with Gasteiger partial charge in [-0.05, 0) is 41.5 Å². The lowest BCUT2D eigenvalue weighted by Crippen LogP contribution is -2.46. The van der Waals surface area contributed by atoms with Crippen molar-refractivity contribution in [3.8, 4) is 11.1 Å². The summed E-state index contributed by atoms with van der Waals surface area (Å²) in [6, 6.07) is 24.9. The van der Waals surface area contributed by atoms with Crippen LogP contribution in [-0.2, 0) is 16.1 Å². The van der Waals surface area contributed by atoms with Gasteiger partial charge in [-0.2, -0.15) is 0 Å². The maximum Gasteiger partial charge on any atom is 0.254 e. The molecule has 0 saturated heterocycles. The van der Waals surface area contributed by atoms with Crippen LogP contribution in [0, 0.1) is 11.8 Å². The minimum Gasteiger partial charge on any atom is -0.392 e. The fraction of sp³-hybridized carbons (Fsp3) is 0.375. The van der Waals surface area contributed by atoms with Crippen molar-refractivity contribution in [3.05, 3.63) is 90.0 Å². The van der Waals surface area contributed by atoms with Crippen molar-refractivity contribution < 1.29 is 14.7 Å². The van der Waals surface area contributed by atoms with Crippen LogP contribution >= 0.6 is 0 Å². The SMILES string of the molecule is CCCC[C@H](O)[C@@H](CC1CC1)C(=O)NC1C(=O)N(Cc2ccccc2)c2ccccc2-c2ccccc21. The molecular weight excluding hydrogens is 460 g/mol. The first kappa shape index (κ1) is 25.2. The number of aliphatic hydroxyl groups excluding tert-OH is 1. The first-order chi connectivity index (χ1) is 18.1. The number of fused-ring (bicyclic) bond motifs is 3. The standard InChI is InChI=1S/C32H36N2O3/c1-2-3-17-29(35)27(20-22-18-19-22)31(36)33-30-26-15-8-7-13-24(26)25-14-9-10-16-28(25)34(32(30)37)21-23-11-5-4-6-12-23/h4-16,22,27,29-30,35H,2-3,17-21H2,1H3,(H,33,36)/t27-,29+,30?/m1/s1. The molecule has 192 valence electrons. The highest BCUT2D eigenvalue weighted by molar-refractivity contribution is 6.06. The summed E-state index contributed by atoms with van der Waals surface area (Å²) in [6.45, 7) is 2.49. The first-order valence-corrected chi connectivity index (χ1v) is 13.6. The van der Waals surface area contributed by atoms with E-state index in [1.807, 2.05) is 78.9 Å². The zero-order valence-corrected chi connectivity index (χ0v) is 21.5. The fourth-order valence-corrected chi connectivity index (χ4v) is 5.42. The van der Waals surface area contributed by atoms with E-state index < -0.39 is 18.1 Å². The van der Waals surface area contributed by atoms with E-state index in [0.717, 1.165) is 53.6 Å². The Morgan fingerprint density at radius 2 is 1.65 bits per heavy atom. The van der Waals surface area contributed by atoms with Crippen molar-refractivity contribution in [2.45, 2.75) is 64.1 Å². The third-order valence-electron chi connectivity index (χ3n) is 7.68. The second kappa shape index (κ2) is 11.3. The molecule has 1 heterocycles. The molecule has 0 aromatic heterocycles. The van der Waals surface area contributed by atoms with Gasteiger partial charge in [-0.25, -0.2) is 0 Å². The molecule has 0 radical (unpaired) electrons. The highest BCUT2D eigenvalue weighted by Crippen LogP contribution is 2.41. The van der Waals surface area contributed by atoms with Crippen molar-refractivity contribution in [1.29, 1.82) is 0 Å². The van der Waals surface area contributed by atoms with Gasteiger partial charge in [0.2, 0.25) is 5.91 Å². The number of nitrogens with one attached hydrogen (secondary N) is 1. The normalized spacial score (nSPS) is 18.4. The van der Waals surface area contributed by atoms with Crippen LogP contribution < -0.4 is 10.2 Å². The van der Waals surface area contributed by atoms with E-state index in [2.05, 4.69) is 12.2 Å². The third kappa shape index (κ3) is 5.62. The van der Waals surface area contributed by atoms with Crippen LogP contribution in [0.3, 0.4) is 0 Å². The van der Waals surface area contributed by atoms with E-state index in [9.17, 15) is 14.7 Å². The largest absolute Gasteiger partial charge is 0.392 e. The number of hydrogen-bond donors (Lipinski definition) is 2. The molecular formula is C32H36N2O3. The van der Waals surface area contributed by atoms with Crippen LogP contribution in [0.25, 0.3) is 11.1 Å². The van der Waals surface area contributed by atoms with Crippen molar-refractivity contribution in [1.82, 2.24) is 5.32 Å². The topological polar surface area (TPSA) is 69.6 Å². The molecule has 1 aliphatic heterocycles. The van der Waals surface area contributed by atoms with E-state index in [4.69, 9.17) is 0 Å². The molecule has 37 heavy (non-hydrogen) atoms. The Morgan fingerprint density at radius 3 is 2.38 bits per heavy atom. The van der Waals surface area contributed by atoms with Crippen LogP contribution in [0.15, 0.2) is 78.9 Å². The number of amides is 2. The summed E-state index contributed by atoms with van der Waals surface area (Å²) >= 11 is 0. The van der Waals surface area contributed by atoms with Gasteiger partial charge in [0.25, 0.3) is 5.91 Å². The van der Waals surface area contributed by atoms with Crippen LogP contribution in [0.1, 0.15) is 62.6 Å². The molecule has 2 N–H and O–H groups in total. The maximum atomic E-state index is 14.3. The average molecular weight is 497 g/mol. The third-order valence-corrected chi connectivity index (χ3v) is 7.68. The molecule has 1 aliphatic carbocycles. The van der Waals surface area contributed by atoms with Crippen LogP contribution in [-0.4, -0.2) is 23.0 Å². The number of aliphatic hydroxyl groups is 1. The van der Waals surface area contributed by atoms with Crippen molar-refractivity contribution in [2.24, 2.45) is 11.8 Å². The Balaban J connectivity index is 1.51. The Morgan fingerprint density at radius 1 is 0.973 bits per heavy atom. The predicted octanol–water partition coefficient (Wildman–Crippen LogP) is 6.03. The number of hydrogen-bond acceptors (Lipinski definition) is 3. The van der Waals surface area contributed by atoms with Crippen molar-refractivity contribution in [3.63, 3.8) is 0 Å². The number of anilines is 1. The second-order valence-electron chi connectivity index (χ2n) is 10.5. The van der Waals surface area contributed by atoms with Gasteiger partial charge >= 0.3 is 0 Å². The molecule has 0 bridgehead atoms. The second-order valence-corrected chi connectivity index (χ2v) is 10.5. The highest BCUT2D eigenvalue weighted by Gasteiger charge is 2.39. The molecule has 2 aliphatic rings. The average Bonchev–Trinajstić information content (AvgIpc) is 3.77. The van der Waals surface area contributed by atoms with Gasteiger partial charge in [0.05, 0.1) is 24.3 Å². The number of nitrogens with zero attached hydrogens (tertiary/aromatic N) is 1. The van der Waals surface area contributed by atoms with Gasteiger partial charge in [-0.1, -0.05) is 105 Å². The molecule has 0 spiro atoms. The molecule has 2 amide bonds. The van der Waals surface area contributed by atoms with Crippen molar-refractivity contribution in [2.75, 3.05) is 4.90 Å². The summed E-state index contributed by atoms with van der Waals surface area (Å²) in [5.74, 6) is -0.410. The summed E-state index contributed by atoms with van der Waals surface area (Å²) in [7, 11) is 0. The van der Waals surface area contributed by atoms with E-state index in [-0.39, 0.29) is 11.8 Å². The monoisotopic (exact) mass is 496 g/mol. The molecule has 5 heteroatoms. The molecule has 5 nitrogen and oxygen atoms in total. The van der Waals surface area contributed by atoms with E-state index in [1.54, 1.807) is 4.90 Å². The molecule has 1 unspecified atom stereocenters. The van der Waals surface area contributed by atoms with E-state index >= 15 is 0 Å². The number of rotatable bonds is 10. The number of para-hydroxylation sites is 1. The molecule has 3 aromatic rings. The lowest BCUT2D eigenvalue weighted by Gasteiger charge is -2.29.